The summed E-state index contributed by atoms with van der Waals surface area (Å²) in [4.78, 5) is 23.3. The van der Waals surface area contributed by atoms with Gasteiger partial charge in [-0.2, -0.15) is 0 Å². The van der Waals surface area contributed by atoms with Crippen LogP contribution in [0.25, 0.3) is 10.8 Å². The van der Waals surface area contributed by atoms with Crippen LogP contribution in [-0.4, -0.2) is 54.6 Å². The largest absolute Gasteiger partial charge is 0.493 e. The maximum atomic E-state index is 12.2. The molecule has 1 saturated heterocycles. The van der Waals surface area contributed by atoms with E-state index < -0.39 is 0 Å². The highest BCUT2D eigenvalue weighted by atomic mass is 16.5. The van der Waals surface area contributed by atoms with Gasteiger partial charge >= 0.3 is 0 Å². The predicted molar refractivity (Wildman–Crippen MR) is 129 cm³/mol. The molecule has 1 saturated carbocycles. The molecule has 0 unspecified atom stereocenters. The average molecular weight is 442 g/mol. The standard InChI is InChI=1S/C26H27N5O2/c1-27-25-23-13-28-24(30-26(32)19-7-8-19)11-22(23)20(12-29-25)6-3-17-4-9-21(10-5-17)33-16-18-14-31(2)15-18/h4-5,9-13,18-19H,7-8,14-16H2,1-2H3,(H,27,29)(H,28,30,32). The van der Waals surface area contributed by atoms with Crippen molar-refractivity contribution in [1.29, 1.82) is 0 Å². The van der Waals surface area contributed by atoms with E-state index in [4.69, 9.17) is 4.74 Å². The van der Waals surface area contributed by atoms with Crippen molar-refractivity contribution < 1.29 is 9.53 Å². The SMILES string of the molecule is CNc1ncc(C#Cc2ccc(OCC3CN(C)C3)cc2)c2cc(NC(=O)C3CC3)ncc12. The van der Waals surface area contributed by atoms with E-state index >= 15 is 0 Å². The van der Waals surface area contributed by atoms with Crippen LogP contribution in [-0.2, 0) is 4.79 Å². The molecule has 7 heteroatoms. The number of benzene rings is 1. The van der Waals surface area contributed by atoms with E-state index in [1.54, 1.807) is 12.4 Å². The van der Waals surface area contributed by atoms with Crippen LogP contribution >= 0.6 is 0 Å². The third kappa shape index (κ3) is 4.91. The highest BCUT2D eigenvalue weighted by Crippen LogP contribution is 2.31. The molecule has 2 aliphatic rings. The van der Waals surface area contributed by atoms with E-state index in [9.17, 15) is 4.79 Å². The molecule has 33 heavy (non-hydrogen) atoms. The van der Waals surface area contributed by atoms with Crippen LogP contribution in [0.1, 0.15) is 24.0 Å². The minimum Gasteiger partial charge on any atom is -0.493 e. The van der Waals surface area contributed by atoms with Crippen LogP contribution in [0.4, 0.5) is 11.6 Å². The summed E-state index contributed by atoms with van der Waals surface area (Å²) in [6.07, 6.45) is 5.38. The van der Waals surface area contributed by atoms with Crippen molar-refractivity contribution in [2.75, 3.05) is 44.4 Å². The molecule has 7 nitrogen and oxygen atoms in total. The molecule has 1 aliphatic heterocycles. The van der Waals surface area contributed by atoms with Gasteiger partial charge in [0.15, 0.2) is 0 Å². The molecular weight excluding hydrogens is 414 g/mol. The molecule has 0 bridgehead atoms. The summed E-state index contributed by atoms with van der Waals surface area (Å²) >= 11 is 0. The Bertz CT molecular complexity index is 1240. The molecule has 1 aromatic carbocycles. The number of aromatic nitrogens is 2. The molecule has 5 rings (SSSR count). The lowest BCUT2D eigenvalue weighted by molar-refractivity contribution is -0.117. The summed E-state index contributed by atoms with van der Waals surface area (Å²) in [5.74, 6) is 9.35. The number of hydrogen-bond acceptors (Lipinski definition) is 6. The van der Waals surface area contributed by atoms with Gasteiger partial charge in [0.05, 0.1) is 12.2 Å². The predicted octanol–water partition coefficient (Wildman–Crippen LogP) is 3.36. The van der Waals surface area contributed by atoms with Crippen LogP contribution in [0.3, 0.4) is 0 Å². The Balaban J connectivity index is 1.35. The molecule has 0 radical (unpaired) electrons. The van der Waals surface area contributed by atoms with Gasteiger partial charge in [-0.1, -0.05) is 11.8 Å². The lowest BCUT2D eigenvalue weighted by Crippen LogP contribution is -2.46. The van der Waals surface area contributed by atoms with Crippen LogP contribution in [0.2, 0.25) is 0 Å². The number of likely N-dealkylation sites (tertiary alicyclic amines) is 1. The van der Waals surface area contributed by atoms with Crippen molar-refractivity contribution >= 4 is 28.3 Å². The van der Waals surface area contributed by atoms with Gasteiger partial charge < -0.3 is 20.3 Å². The normalized spacial score (nSPS) is 15.9. The highest BCUT2D eigenvalue weighted by molar-refractivity contribution is 5.99. The van der Waals surface area contributed by atoms with Gasteiger partial charge in [0.2, 0.25) is 5.91 Å². The first-order chi connectivity index (χ1) is 16.1. The van der Waals surface area contributed by atoms with Crippen molar-refractivity contribution in [3.8, 4) is 17.6 Å². The van der Waals surface area contributed by atoms with Crippen LogP contribution in [0.5, 0.6) is 5.75 Å². The number of amides is 1. The number of nitrogens with one attached hydrogen (secondary N) is 2. The fourth-order valence-corrected chi connectivity index (χ4v) is 4.00. The summed E-state index contributed by atoms with van der Waals surface area (Å²) in [6, 6.07) is 9.73. The number of rotatable bonds is 6. The third-order valence-corrected chi connectivity index (χ3v) is 6.03. The monoisotopic (exact) mass is 441 g/mol. The molecule has 0 spiro atoms. The first kappa shape index (κ1) is 21.2. The highest BCUT2D eigenvalue weighted by Gasteiger charge is 2.29. The first-order valence-electron chi connectivity index (χ1n) is 11.3. The smallest absolute Gasteiger partial charge is 0.228 e. The second kappa shape index (κ2) is 9.08. The Morgan fingerprint density at radius 1 is 1.12 bits per heavy atom. The zero-order chi connectivity index (χ0) is 22.8. The van der Waals surface area contributed by atoms with Crippen molar-refractivity contribution in [3.05, 3.63) is 53.9 Å². The number of hydrogen-bond donors (Lipinski definition) is 2. The molecule has 2 aromatic heterocycles. The van der Waals surface area contributed by atoms with Crippen molar-refractivity contribution in [2.45, 2.75) is 12.8 Å². The fourth-order valence-electron chi connectivity index (χ4n) is 4.00. The zero-order valence-corrected chi connectivity index (χ0v) is 18.9. The van der Waals surface area contributed by atoms with Crippen LogP contribution in [0, 0.1) is 23.7 Å². The van der Waals surface area contributed by atoms with Gasteiger partial charge in [-0.05, 0) is 50.2 Å². The van der Waals surface area contributed by atoms with Gasteiger partial charge in [0.25, 0.3) is 0 Å². The summed E-state index contributed by atoms with van der Waals surface area (Å²) < 4.78 is 5.89. The van der Waals surface area contributed by atoms with E-state index in [0.717, 1.165) is 66.0 Å². The van der Waals surface area contributed by atoms with Crippen molar-refractivity contribution in [1.82, 2.24) is 14.9 Å². The summed E-state index contributed by atoms with van der Waals surface area (Å²) in [7, 11) is 3.94. The van der Waals surface area contributed by atoms with Gasteiger partial charge in [-0.15, -0.1) is 0 Å². The lowest BCUT2D eigenvalue weighted by Gasteiger charge is -2.35. The quantitative estimate of drug-likeness (QED) is 0.571. The zero-order valence-electron chi connectivity index (χ0n) is 18.9. The van der Waals surface area contributed by atoms with Gasteiger partial charge in [-0.3, -0.25) is 4.79 Å². The van der Waals surface area contributed by atoms with E-state index in [-0.39, 0.29) is 11.8 Å². The van der Waals surface area contributed by atoms with Crippen LogP contribution < -0.4 is 15.4 Å². The van der Waals surface area contributed by atoms with E-state index in [2.05, 4.69) is 44.4 Å². The fraction of sp³-hybridized carbons (Fsp3) is 0.346. The number of anilines is 2. The number of ether oxygens (including phenoxy) is 1. The minimum absolute atomic E-state index is 0.0315. The maximum absolute atomic E-state index is 12.2. The molecule has 3 heterocycles. The maximum Gasteiger partial charge on any atom is 0.228 e. The topological polar surface area (TPSA) is 79.4 Å². The second-order valence-corrected chi connectivity index (χ2v) is 8.82. The second-order valence-electron chi connectivity index (χ2n) is 8.82. The lowest BCUT2D eigenvalue weighted by atomic mass is 10.0. The number of nitrogens with zero attached hydrogens (tertiary/aromatic N) is 3. The van der Waals surface area contributed by atoms with Gasteiger partial charge in [0, 0.05) is 60.7 Å². The summed E-state index contributed by atoms with van der Waals surface area (Å²) in [5, 5.41) is 7.77. The number of carbonyl (C=O) groups excluding carboxylic acids is 1. The van der Waals surface area contributed by atoms with Gasteiger partial charge in [0.1, 0.15) is 17.4 Å². The first-order valence-corrected chi connectivity index (χ1v) is 11.3. The van der Waals surface area contributed by atoms with Gasteiger partial charge in [-0.25, -0.2) is 9.97 Å². The Labute approximate surface area is 193 Å². The molecule has 3 aromatic rings. The molecule has 0 atom stereocenters. The van der Waals surface area contributed by atoms with E-state index in [0.29, 0.717) is 11.7 Å². The Kier molecular flexibility index (Phi) is 5.84. The van der Waals surface area contributed by atoms with E-state index in [1.165, 1.54) is 0 Å². The van der Waals surface area contributed by atoms with Crippen LogP contribution in [0.15, 0.2) is 42.7 Å². The minimum atomic E-state index is 0.0315. The Morgan fingerprint density at radius 2 is 1.91 bits per heavy atom. The Morgan fingerprint density at radius 3 is 2.61 bits per heavy atom. The summed E-state index contributed by atoms with van der Waals surface area (Å²) in [6.45, 7) is 2.94. The van der Waals surface area contributed by atoms with Crippen molar-refractivity contribution in [2.24, 2.45) is 11.8 Å². The molecule has 168 valence electrons. The number of pyridine rings is 2. The Hall–Kier alpha value is -3.63. The number of carbonyl (C=O) groups is 1. The molecule has 1 aliphatic carbocycles. The average Bonchev–Trinajstić information content (AvgIpc) is 3.66. The van der Waals surface area contributed by atoms with Crippen molar-refractivity contribution in [3.63, 3.8) is 0 Å². The summed E-state index contributed by atoms with van der Waals surface area (Å²) in [5.41, 5.74) is 1.68. The molecule has 1 amide bonds. The molecular formula is C26H27N5O2. The molecule has 2 fully saturated rings. The third-order valence-electron chi connectivity index (χ3n) is 6.03. The molecule has 2 N–H and O–H groups in total. The number of fused-ring (bicyclic) bond motifs is 1. The van der Waals surface area contributed by atoms with E-state index in [1.807, 2.05) is 37.4 Å².